The van der Waals surface area contributed by atoms with E-state index in [1.54, 1.807) is 0 Å². The van der Waals surface area contributed by atoms with E-state index in [1.165, 1.54) is 0 Å². The van der Waals surface area contributed by atoms with Crippen LogP contribution in [0.2, 0.25) is 0 Å². The summed E-state index contributed by atoms with van der Waals surface area (Å²) in [4.78, 5) is 14.6. The first-order chi connectivity index (χ1) is 8.30. The third-order valence-corrected chi connectivity index (χ3v) is 2.11. The molecule has 0 fully saturated rings. The lowest BCUT2D eigenvalue weighted by molar-refractivity contribution is -0.275. The van der Waals surface area contributed by atoms with E-state index in [-0.39, 0.29) is 0 Å². The Morgan fingerprint density at radius 1 is 1.56 bits per heavy atom. The van der Waals surface area contributed by atoms with Gasteiger partial charge in [0.1, 0.15) is 5.75 Å². The second-order valence-corrected chi connectivity index (χ2v) is 3.24. The van der Waals surface area contributed by atoms with Crippen LogP contribution in [0, 0.1) is 0 Å². The fourth-order valence-electron chi connectivity index (χ4n) is 1.12. The Balaban J connectivity index is 3.39. The molecular formula is C9H7ClF3NO4. The summed E-state index contributed by atoms with van der Waals surface area (Å²) in [5, 5.41) is 9.32. The Bertz CT molecular complexity index is 464. The van der Waals surface area contributed by atoms with Crippen molar-refractivity contribution in [1.29, 1.82) is 0 Å². The topological polar surface area (TPSA) is 68.7 Å². The van der Waals surface area contributed by atoms with Crippen molar-refractivity contribution in [3.05, 3.63) is 17.5 Å². The third kappa shape index (κ3) is 3.16. The Morgan fingerprint density at radius 2 is 2.17 bits per heavy atom. The van der Waals surface area contributed by atoms with Crippen molar-refractivity contribution in [2.45, 2.75) is 12.2 Å². The summed E-state index contributed by atoms with van der Waals surface area (Å²) in [5.41, 5.74) is -1.12. The van der Waals surface area contributed by atoms with Gasteiger partial charge in [0.15, 0.2) is 11.4 Å². The Labute approximate surface area is 104 Å². The molecule has 5 nitrogen and oxygen atoms in total. The van der Waals surface area contributed by atoms with E-state index >= 15 is 0 Å². The number of methoxy groups -OCH3 is 1. The maximum absolute atomic E-state index is 12.2. The lowest BCUT2D eigenvalue weighted by atomic mass is 10.2. The zero-order valence-electron chi connectivity index (χ0n) is 8.92. The van der Waals surface area contributed by atoms with E-state index in [0.29, 0.717) is 0 Å². The quantitative estimate of drug-likeness (QED) is 0.681. The predicted octanol–water partition coefficient (Wildman–Crippen LogP) is 2.21. The van der Waals surface area contributed by atoms with E-state index in [2.05, 4.69) is 14.5 Å². The first kappa shape index (κ1) is 14.4. The summed E-state index contributed by atoms with van der Waals surface area (Å²) in [7, 11) is 0.967. The van der Waals surface area contributed by atoms with E-state index < -0.39 is 41.0 Å². The van der Waals surface area contributed by atoms with Gasteiger partial charge in [0.05, 0.1) is 24.8 Å². The van der Waals surface area contributed by atoms with Crippen LogP contribution < -0.4 is 4.74 Å². The number of aromatic nitrogens is 1. The molecule has 0 amide bonds. The number of esters is 1. The lowest BCUT2D eigenvalue weighted by Crippen LogP contribution is -2.21. The molecule has 1 heterocycles. The summed E-state index contributed by atoms with van der Waals surface area (Å²) in [6, 6.07) is 0. The predicted molar refractivity (Wildman–Crippen MR) is 53.5 cm³/mol. The van der Waals surface area contributed by atoms with Crippen LogP contribution in [0.25, 0.3) is 0 Å². The number of alkyl halides is 4. The van der Waals surface area contributed by atoms with Gasteiger partial charge >= 0.3 is 12.3 Å². The standard InChI is InChI=1S/C9H7ClF3NO4/c1-17-8(16)6-7(18-9(11,12)13)4(2-10)5(15)3-14-6/h3,15H,2H2,1H3. The fourth-order valence-corrected chi connectivity index (χ4v) is 1.38. The van der Waals surface area contributed by atoms with Crippen molar-refractivity contribution in [2.24, 2.45) is 0 Å². The molecule has 0 unspecified atom stereocenters. The molecule has 0 saturated heterocycles. The highest BCUT2D eigenvalue weighted by atomic mass is 35.5. The number of halogens is 4. The molecule has 1 N–H and O–H groups in total. The minimum absolute atomic E-state index is 0.399. The second kappa shape index (κ2) is 5.30. The SMILES string of the molecule is COC(=O)c1ncc(O)c(CCl)c1OC(F)(F)F. The van der Waals surface area contributed by atoms with Gasteiger partial charge in [-0.1, -0.05) is 0 Å². The number of carbonyl (C=O) groups excluding carboxylic acids is 1. The van der Waals surface area contributed by atoms with Crippen LogP contribution >= 0.6 is 11.6 Å². The number of rotatable bonds is 3. The Morgan fingerprint density at radius 3 is 2.61 bits per heavy atom. The number of ether oxygens (including phenoxy) is 2. The molecular weight excluding hydrogens is 279 g/mol. The molecule has 1 rings (SSSR count). The minimum atomic E-state index is -5.06. The monoisotopic (exact) mass is 285 g/mol. The normalized spacial score (nSPS) is 11.2. The number of aromatic hydroxyl groups is 1. The summed E-state index contributed by atoms with van der Waals surface area (Å²) < 4.78 is 44.5. The van der Waals surface area contributed by atoms with Crippen molar-refractivity contribution in [1.82, 2.24) is 4.98 Å². The second-order valence-electron chi connectivity index (χ2n) is 2.97. The van der Waals surface area contributed by atoms with Crippen LogP contribution in [0.1, 0.15) is 16.1 Å². The largest absolute Gasteiger partial charge is 0.573 e. The highest BCUT2D eigenvalue weighted by molar-refractivity contribution is 6.17. The van der Waals surface area contributed by atoms with Gasteiger partial charge in [0, 0.05) is 0 Å². The van der Waals surface area contributed by atoms with Gasteiger partial charge in [-0.15, -0.1) is 24.8 Å². The molecule has 0 saturated carbocycles. The molecule has 0 aromatic carbocycles. The van der Waals surface area contributed by atoms with Crippen LogP contribution in [-0.4, -0.2) is 29.5 Å². The lowest BCUT2D eigenvalue weighted by Gasteiger charge is -2.15. The molecule has 9 heteroatoms. The molecule has 0 aliphatic carbocycles. The van der Waals surface area contributed by atoms with Crippen molar-refractivity contribution < 1.29 is 32.5 Å². The van der Waals surface area contributed by atoms with Crippen LogP contribution in [0.3, 0.4) is 0 Å². The summed E-state index contributed by atoms with van der Waals surface area (Å²) in [6.07, 6.45) is -4.27. The number of hydrogen-bond acceptors (Lipinski definition) is 5. The van der Waals surface area contributed by atoms with Gasteiger partial charge in [-0.25, -0.2) is 9.78 Å². The highest BCUT2D eigenvalue weighted by Crippen LogP contribution is 2.35. The number of hydrogen-bond donors (Lipinski definition) is 1. The molecule has 1 aromatic rings. The summed E-state index contributed by atoms with van der Waals surface area (Å²) >= 11 is 5.40. The van der Waals surface area contributed by atoms with Gasteiger partial charge in [0.2, 0.25) is 0 Å². The molecule has 18 heavy (non-hydrogen) atoms. The maximum Gasteiger partial charge on any atom is 0.573 e. The number of carbonyl (C=O) groups is 1. The number of nitrogens with zero attached hydrogens (tertiary/aromatic N) is 1. The van der Waals surface area contributed by atoms with Gasteiger partial charge in [0.25, 0.3) is 0 Å². The molecule has 0 spiro atoms. The van der Waals surface area contributed by atoms with Crippen LogP contribution in [0.4, 0.5) is 13.2 Å². The molecule has 100 valence electrons. The molecule has 0 atom stereocenters. The number of pyridine rings is 1. The van der Waals surface area contributed by atoms with E-state index in [4.69, 9.17) is 11.6 Å². The average molecular weight is 286 g/mol. The molecule has 0 aliphatic rings. The van der Waals surface area contributed by atoms with E-state index in [1.807, 2.05) is 0 Å². The van der Waals surface area contributed by atoms with Crippen molar-refractivity contribution in [3.63, 3.8) is 0 Å². The van der Waals surface area contributed by atoms with Crippen LogP contribution in [0.5, 0.6) is 11.5 Å². The van der Waals surface area contributed by atoms with Crippen LogP contribution in [-0.2, 0) is 10.6 Å². The maximum atomic E-state index is 12.2. The third-order valence-electron chi connectivity index (χ3n) is 1.84. The first-order valence-electron chi connectivity index (χ1n) is 4.41. The zero-order chi connectivity index (χ0) is 13.9. The molecule has 0 aliphatic heterocycles. The van der Waals surface area contributed by atoms with Crippen molar-refractivity contribution in [2.75, 3.05) is 7.11 Å². The van der Waals surface area contributed by atoms with Gasteiger partial charge in [-0.05, 0) is 0 Å². The smallest absolute Gasteiger partial charge is 0.506 e. The first-order valence-corrected chi connectivity index (χ1v) is 4.94. The van der Waals surface area contributed by atoms with E-state index in [0.717, 1.165) is 13.3 Å². The Kier molecular flexibility index (Phi) is 4.23. The van der Waals surface area contributed by atoms with Crippen molar-refractivity contribution >= 4 is 17.6 Å². The highest BCUT2D eigenvalue weighted by Gasteiger charge is 2.35. The van der Waals surface area contributed by atoms with Gasteiger partial charge in [-0.2, -0.15) is 0 Å². The van der Waals surface area contributed by atoms with Crippen LogP contribution in [0.15, 0.2) is 6.20 Å². The van der Waals surface area contributed by atoms with Crippen molar-refractivity contribution in [3.8, 4) is 11.5 Å². The van der Waals surface area contributed by atoms with E-state index in [9.17, 15) is 23.1 Å². The molecule has 0 radical (unpaired) electrons. The molecule has 1 aromatic heterocycles. The minimum Gasteiger partial charge on any atom is -0.506 e. The Hall–Kier alpha value is -1.70. The molecule has 0 bridgehead atoms. The summed E-state index contributed by atoms with van der Waals surface area (Å²) in [5.74, 6) is -3.22. The summed E-state index contributed by atoms with van der Waals surface area (Å²) in [6.45, 7) is 0. The fraction of sp³-hybridized carbons (Fsp3) is 0.333. The van der Waals surface area contributed by atoms with Gasteiger partial charge < -0.3 is 14.6 Å². The zero-order valence-corrected chi connectivity index (χ0v) is 9.67. The average Bonchev–Trinajstić information content (AvgIpc) is 2.26. The van der Waals surface area contributed by atoms with Gasteiger partial charge in [-0.3, -0.25) is 0 Å².